The average Bonchev–Trinajstić information content (AvgIpc) is 3.19. The molecule has 1 aromatic carbocycles. The molecule has 112 valence electrons. The fourth-order valence-electron chi connectivity index (χ4n) is 2.25. The second-order valence-electron chi connectivity index (χ2n) is 4.96. The van der Waals surface area contributed by atoms with Crippen molar-refractivity contribution >= 4 is 22.8 Å². The fourth-order valence-corrected chi connectivity index (χ4v) is 2.97. The van der Waals surface area contributed by atoms with Gasteiger partial charge in [0.15, 0.2) is 5.17 Å². The molecule has 6 heteroatoms. The molecule has 0 saturated carbocycles. The number of hydrogen-bond donors (Lipinski definition) is 1. The molecule has 2 aliphatic rings. The lowest BCUT2D eigenvalue weighted by atomic mass is 10.2. The van der Waals surface area contributed by atoms with E-state index in [9.17, 15) is 4.79 Å². The molecule has 5 nitrogen and oxygen atoms in total. The number of nitrogens with one attached hydrogen (secondary N) is 1. The lowest BCUT2D eigenvalue weighted by Gasteiger charge is -2.11. The molecule has 0 bridgehead atoms. The first-order chi connectivity index (χ1) is 10.3. The number of ether oxygens (including phenoxy) is 2. The van der Waals surface area contributed by atoms with Crippen molar-refractivity contribution in [2.45, 2.75) is 18.9 Å². The first-order valence-electron chi connectivity index (χ1n) is 7.14. The van der Waals surface area contributed by atoms with E-state index in [-0.39, 0.29) is 12.0 Å². The van der Waals surface area contributed by atoms with Crippen molar-refractivity contribution in [1.82, 2.24) is 5.32 Å². The highest BCUT2D eigenvalue weighted by molar-refractivity contribution is 8.14. The highest BCUT2D eigenvalue weighted by atomic mass is 32.2. The molecule has 0 radical (unpaired) electrons. The van der Waals surface area contributed by atoms with E-state index in [2.05, 4.69) is 10.3 Å². The third kappa shape index (κ3) is 3.98. The normalized spacial score (nSPS) is 21.1. The van der Waals surface area contributed by atoms with Crippen LogP contribution in [-0.2, 0) is 4.74 Å². The molecule has 1 saturated heterocycles. The minimum atomic E-state index is -0.131. The van der Waals surface area contributed by atoms with Gasteiger partial charge in [-0.05, 0) is 37.1 Å². The molecule has 21 heavy (non-hydrogen) atoms. The number of amidine groups is 1. The molecular formula is C15H18N2O3S. The first kappa shape index (κ1) is 14.4. The van der Waals surface area contributed by atoms with E-state index in [1.165, 1.54) is 0 Å². The van der Waals surface area contributed by atoms with Gasteiger partial charge in [0.05, 0.1) is 12.6 Å². The zero-order valence-corrected chi connectivity index (χ0v) is 12.5. The maximum Gasteiger partial charge on any atom is 0.257 e. The second kappa shape index (κ2) is 6.95. The maximum atomic E-state index is 12.0. The summed E-state index contributed by atoms with van der Waals surface area (Å²) in [4.78, 5) is 16.2. The Balaban J connectivity index is 1.51. The topological polar surface area (TPSA) is 59.9 Å². The zero-order valence-electron chi connectivity index (χ0n) is 11.7. The largest absolute Gasteiger partial charge is 0.491 e. The van der Waals surface area contributed by atoms with Gasteiger partial charge in [-0.2, -0.15) is 0 Å². The quantitative estimate of drug-likeness (QED) is 0.925. The Labute approximate surface area is 128 Å². The van der Waals surface area contributed by atoms with Crippen molar-refractivity contribution in [2.75, 3.05) is 25.5 Å². The Bertz CT molecular complexity index is 524. The van der Waals surface area contributed by atoms with Gasteiger partial charge in [-0.3, -0.25) is 9.79 Å². The number of benzene rings is 1. The average molecular weight is 306 g/mol. The van der Waals surface area contributed by atoms with E-state index in [0.717, 1.165) is 37.5 Å². The van der Waals surface area contributed by atoms with Gasteiger partial charge in [-0.25, -0.2) is 0 Å². The van der Waals surface area contributed by atoms with E-state index in [0.29, 0.717) is 17.3 Å². The van der Waals surface area contributed by atoms with Crippen molar-refractivity contribution in [3.8, 4) is 5.75 Å². The van der Waals surface area contributed by atoms with Gasteiger partial charge in [-0.15, -0.1) is 0 Å². The van der Waals surface area contributed by atoms with Crippen molar-refractivity contribution in [1.29, 1.82) is 0 Å². The molecule has 0 aliphatic carbocycles. The minimum absolute atomic E-state index is 0.131. The number of carbonyl (C=O) groups is 1. The molecule has 0 unspecified atom stereocenters. The number of hydrogen-bond acceptors (Lipinski definition) is 5. The molecule has 1 atom stereocenters. The molecule has 2 aliphatic heterocycles. The number of nitrogens with zero attached hydrogens (tertiary/aromatic N) is 1. The molecule has 1 aromatic rings. The molecule has 1 N–H and O–H groups in total. The SMILES string of the molecule is O=C(NC1=NCCS1)c1ccc(OC[C@@H]2CCCO2)cc1. The van der Waals surface area contributed by atoms with Crippen LogP contribution in [0.2, 0.25) is 0 Å². The van der Waals surface area contributed by atoms with Gasteiger partial charge in [-0.1, -0.05) is 11.8 Å². The van der Waals surface area contributed by atoms with Crippen LogP contribution in [0, 0.1) is 0 Å². The number of amides is 1. The summed E-state index contributed by atoms with van der Waals surface area (Å²) in [7, 11) is 0. The molecule has 0 aromatic heterocycles. The van der Waals surface area contributed by atoms with E-state index in [4.69, 9.17) is 9.47 Å². The number of aliphatic imine (C=N–C) groups is 1. The molecule has 1 fully saturated rings. The summed E-state index contributed by atoms with van der Waals surface area (Å²) in [5.74, 6) is 1.56. The van der Waals surface area contributed by atoms with Crippen LogP contribution >= 0.6 is 11.8 Å². The van der Waals surface area contributed by atoms with Crippen LogP contribution in [0.15, 0.2) is 29.3 Å². The number of carbonyl (C=O) groups excluding carboxylic acids is 1. The van der Waals surface area contributed by atoms with Crippen molar-refractivity contribution < 1.29 is 14.3 Å². The Hall–Kier alpha value is -1.53. The zero-order chi connectivity index (χ0) is 14.5. The second-order valence-corrected chi connectivity index (χ2v) is 6.04. The summed E-state index contributed by atoms with van der Waals surface area (Å²) in [6.07, 6.45) is 2.36. The Morgan fingerprint density at radius 3 is 2.95 bits per heavy atom. The number of thioether (sulfide) groups is 1. The van der Waals surface area contributed by atoms with Crippen LogP contribution in [0.3, 0.4) is 0 Å². The summed E-state index contributed by atoms with van der Waals surface area (Å²) in [5.41, 5.74) is 0.606. The van der Waals surface area contributed by atoms with Gasteiger partial charge in [0.25, 0.3) is 5.91 Å². The maximum absolute atomic E-state index is 12.0. The predicted molar refractivity (Wildman–Crippen MR) is 83.1 cm³/mol. The minimum Gasteiger partial charge on any atom is -0.491 e. The van der Waals surface area contributed by atoms with E-state index in [1.54, 1.807) is 23.9 Å². The molecule has 0 spiro atoms. The lowest BCUT2D eigenvalue weighted by molar-refractivity contribution is 0.0679. The lowest BCUT2D eigenvalue weighted by Crippen LogP contribution is -2.27. The van der Waals surface area contributed by atoms with Crippen LogP contribution in [0.25, 0.3) is 0 Å². The van der Waals surface area contributed by atoms with E-state index in [1.807, 2.05) is 12.1 Å². The first-order valence-corrected chi connectivity index (χ1v) is 8.13. The van der Waals surface area contributed by atoms with Crippen LogP contribution in [-0.4, -0.2) is 42.7 Å². The van der Waals surface area contributed by atoms with Crippen LogP contribution in [0.4, 0.5) is 0 Å². The van der Waals surface area contributed by atoms with Crippen LogP contribution < -0.4 is 10.1 Å². The molecule has 2 heterocycles. The molecule has 3 rings (SSSR count). The highest BCUT2D eigenvalue weighted by Crippen LogP contribution is 2.17. The molecule has 1 amide bonds. The van der Waals surface area contributed by atoms with E-state index >= 15 is 0 Å². The Morgan fingerprint density at radius 1 is 1.43 bits per heavy atom. The summed E-state index contributed by atoms with van der Waals surface area (Å²) in [5, 5.41) is 3.51. The summed E-state index contributed by atoms with van der Waals surface area (Å²) >= 11 is 1.57. The van der Waals surface area contributed by atoms with E-state index < -0.39 is 0 Å². The molecular weight excluding hydrogens is 288 g/mol. The predicted octanol–water partition coefficient (Wildman–Crippen LogP) is 2.08. The van der Waals surface area contributed by atoms with Gasteiger partial charge in [0, 0.05) is 17.9 Å². The summed E-state index contributed by atoms with van der Waals surface area (Å²) in [6, 6.07) is 7.15. The van der Waals surface area contributed by atoms with Crippen LogP contribution in [0.5, 0.6) is 5.75 Å². The highest BCUT2D eigenvalue weighted by Gasteiger charge is 2.16. The Kier molecular flexibility index (Phi) is 4.77. The smallest absolute Gasteiger partial charge is 0.257 e. The van der Waals surface area contributed by atoms with Crippen molar-refractivity contribution in [2.24, 2.45) is 4.99 Å². The number of rotatable bonds is 4. The van der Waals surface area contributed by atoms with Gasteiger partial charge in [0.2, 0.25) is 0 Å². The van der Waals surface area contributed by atoms with Gasteiger partial charge in [0.1, 0.15) is 12.4 Å². The standard InChI is InChI=1S/C15H18N2O3S/c18-14(17-15-16-7-9-21-15)11-3-5-12(6-4-11)20-10-13-2-1-8-19-13/h3-6,13H,1-2,7-10H2,(H,16,17,18)/t13-/m0/s1. The van der Waals surface area contributed by atoms with Gasteiger partial charge >= 0.3 is 0 Å². The third-order valence-electron chi connectivity index (χ3n) is 3.38. The van der Waals surface area contributed by atoms with Crippen molar-refractivity contribution in [3.05, 3.63) is 29.8 Å². The van der Waals surface area contributed by atoms with Crippen LogP contribution in [0.1, 0.15) is 23.2 Å². The summed E-state index contributed by atoms with van der Waals surface area (Å²) < 4.78 is 11.2. The fraction of sp³-hybridized carbons (Fsp3) is 0.467. The summed E-state index contributed by atoms with van der Waals surface area (Å²) in [6.45, 7) is 2.17. The monoisotopic (exact) mass is 306 g/mol. The third-order valence-corrected chi connectivity index (χ3v) is 4.27. The van der Waals surface area contributed by atoms with Gasteiger partial charge < -0.3 is 14.8 Å². The Morgan fingerprint density at radius 2 is 2.29 bits per heavy atom. The van der Waals surface area contributed by atoms with Crippen molar-refractivity contribution in [3.63, 3.8) is 0 Å².